The summed E-state index contributed by atoms with van der Waals surface area (Å²) in [4.78, 5) is 22.1. The molecule has 0 aliphatic carbocycles. The number of aromatic hydroxyl groups is 1. The van der Waals surface area contributed by atoms with Gasteiger partial charge in [-0.1, -0.05) is 12.1 Å². The number of hydrogen-bond acceptors (Lipinski definition) is 7. The van der Waals surface area contributed by atoms with E-state index >= 15 is 0 Å². The molecular weight excluding hydrogens is 382 g/mol. The van der Waals surface area contributed by atoms with Crippen molar-refractivity contribution in [3.05, 3.63) is 42.5 Å². The van der Waals surface area contributed by atoms with Crippen LogP contribution in [0.4, 0.5) is 5.82 Å². The molecule has 1 aromatic heterocycles. The lowest BCUT2D eigenvalue weighted by Crippen LogP contribution is -2.51. The molecule has 0 amide bonds. The number of fused-ring (bicyclic) bond motifs is 1. The summed E-state index contributed by atoms with van der Waals surface area (Å²) in [5.41, 5.74) is 0.815. The summed E-state index contributed by atoms with van der Waals surface area (Å²) in [5, 5.41) is 19.9. The van der Waals surface area contributed by atoms with E-state index in [1.54, 1.807) is 24.3 Å². The van der Waals surface area contributed by atoms with Crippen LogP contribution in [0.2, 0.25) is 0 Å². The van der Waals surface area contributed by atoms with Crippen LogP contribution >= 0.6 is 0 Å². The van der Waals surface area contributed by atoms with Gasteiger partial charge < -0.3 is 15.1 Å². The second-order valence-corrected chi connectivity index (χ2v) is 8.79. The Labute approximate surface area is 161 Å². The molecule has 2 heterocycles. The summed E-state index contributed by atoms with van der Waals surface area (Å²) in [6.07, 6.45) is 1.12. The average Bonchev–Trinajstić information content (AvgIpc) is 2.59. The standard InChI is InChI=1S/C19H17N3O5S/c1-28(26,27)12-6-7-13-15(8-12)20-17(14-4-2-3-5-16(14)23)21-18(13)22-9-11(10-22)19(24)25/h2-8,11,23H,9-10H2,1H3,(H,24,25). The zero-order valence-corrected chi connectivity index (χ0v) is 15.7. The van der Waals surface area contributed by atoms with Crippen molar-refractivity contribution in [3.8, 4) is 17.1 Å². The molecule has 1 saturated heterocycles. The topological polar surface area (TPSA) is 121 Å². The third-order valence-electron chi connectivity index (χ3n) is 4.75. The van der Waals surface area contributed by atoms with E-state index < -0.39 is 21.7 Å². The lowest BCUT2D eigenvalue weighted by atomic mass is 10.00. The Hall–Kier alpha value is -3.20. The molecule has 2 N–H and O–H groups in total. The number of phenols is 1. The smallest absolute Gasteiger partial charge is 0.310 e. The van der Waals surface area contributed by atoms with Gasteiger partial charge >= 0.3 is 5.97 Å². The van der Waals surface area contributed by atoms with Gasteiger partial charge in [-0.05, 0) is 30.3 Å². The van der Waals surface area contributed by atoms with E-state index in [1.165, 1.54) is 18.2 Å². The molecule has 4 rings (SSSR count). The van der Waals surface area contributed by atoms with Gasteiger partial charge in [0.15, 0.2) is 15.7 Å². The number of aromatic nitrogens is 2. The number of carboxylic acid groups (broad SMARTS) is 1. The number of sulfone groups is 1. The Morgan fingerprint density at radius 2 is 1.86 bits per heavy atom. The van der Waals surface area contributed by atoms with Crippen molar-refractivity contribution in [2.24, 2.45) is 5.92 Å². The fraction of sp³-hybridized carbons (Fsp3) is 0.211. The summed E-state index contributed by atoms with van der Waals surface area (Å²) in [6.45, 7) is 0.602. The number of para-hydroxylation sites is 1. The van der Waals surface area contributed by atoms with Crippen LogP contribution in [0.3, 0.4) is 0 Å². The third kappa shape index (κ3) is 3.13. The minimum absolute atomic E-state index is 0.000843. The molecule has 144 valence electrons. The Morgan fingerprint density at radius 1 is 1.14 bits per heavy atom. The molecule has 0 bridgehead atoms. The first-order chi connectivity index (χ1) is 13.2. The predicted molar refractivity (Wildman–Crippen MR) is 103 cm³/mol. The molecule has 0 radical (unpaired) electrons. The molecule has 3 aromatic rings. The second kappa shape index (κ2) is 6.45. The van der Waals surface area contributed by atoms with Gasteiger partial charge in [0.2, 0.25) is 0 Å². The summed E-state index contributed by atoms with van der Waals surface area (Å²) in [7, 11) is -3.43. The van der Waals surface area contributed by atoms with Crippen molar-refractivity contribution in [2.45, 2.75) is 4.90 Å². The summed E-state index contributed by atoms with van der Waals surface area (Å²) >= 11 is 0. The fourth-order valence-electron chi connectivity index (χ4n) is 3.16. The third-order valence-corrected chi connectivity index (χ3v) is 5.86. The van der Waals surface area contributed by atoms with Crippen molar-refractivity contribution in [3.63, 3.8) is 0 Å². The molecule has 1 aliphatic heterocycles. The molecule has 1 aliphatic rings. The van der Waals surface area contributed by atoms with Crippen LogP contribution in [-0.4, -0.2) is 53.9 Å². The van der Waals surface area contributed by atoms with Gasteiger partial charge in [0.1, 0.15) is 11.6 Å². The van der Waals surface area contributed by atoms with Gasteiger partial charge in [-0.3, -0.25) is 4.79 Å². The van der Waals surface area contributed by atoms with Gasteiger partial charge in [-0.25, -0.2) is 18.4 Å². The highest BCUT2D eigenvalue weighted by atomic mass is 32.2. The minimum Gasteiger partial charge on any atom is -0.507 e. The zero-order chi connectivity index (χ0) is 20.1. The van der Waals surface area contributed by atoms with Crippen LogP contribution in [0.25, 0.3) is 22.3 Å². The summed E-state index contributed by atoms with van der Waals surface area (Å²) in [6, 6.07) is 11.2. The van der Waals surface area contributed by atoms with E-state index in [4.69, 9.17) is 5.11 Å². The van der Waals surface area contributed by atoms with Crippen LogP contribution in [0.15, 0.2) is 47.4 Å². The quantitative estimate of drug-likeness (QED) is 0.683. The maximum absolute atomic E-state index is 11.9. The molecule has 0 saturated carbocycles. The van der Waals surface area contributed by atoms with Crippen molar-refractivity contribution >= 4 is 32.5 Å². The second-order valence-electron chi connectivity index (χ2n) is 6.78. The van der Waals surface area contributed by atoms with E-state index in [0.717, 1.165) is 6.26 Å². The number of carboxylic acids is 1. The number of carbonyl (C=O) groups is 1. The van der Waals surface area contributed by atoms with Crippen LogP contribution in [0.1, 0.15) is 0 Å². The largest absolute Gasteiger partial charge is 0.507 e. The fourth-order valence-corrected chi connectivity index (χ4v) is 3.80. The molecule has 0 spiro atoms. The number of hydrogen-bond donors (Lipinski definition) is 2. The monoisotopic (exact) mass is 399 g/mol. The van der Waals surface area contributed by atoms with Gasteiger partial charge in [0.05, 0.1) is 21.9 Å². The van der Waals surface area contributed by atoms with E-state index in [2.05, 4.69) is 9.97 Å². The molecular formula is C19H17N3O5S. The first kappa shape index (κ1) is 18.2. The van der Waals surface area contributed by atoms with E-state index in [9.17, 15) is 18.3 Å². The van der Waals surface area contributed by atoms with E-state index in [1.807, 2.05) is 4.90 Å². The highest BCUT2D eigenvalue weighted by Gasteiger charge is 2.34. The summed E-state index contributed by atoms with van der Waals surface area (Å²) in [5.74, 6) is -0.589. The van der Waals surface area contributed by atoms with Crippen LogP contribution in [-0.2, 0) is 14.6 Å². The number of nitrogens with zero attached hydrogens (tertiary/aromatic N) is 3. The van der Waals surface area contributed by atoms with E-state index in [0.29, 0.717) is 35.4 Å². The molecule has 2 aromatic carbocycles. The Kier molecular flexibility index (Phi) is 4.19. The lowest BCUT2D eigenvalue weighted by molar-refractivity contribution is -0.142. The first-order valence-corrected chi connectivity index (χ1v) is 10.4. The number of benzene rings is 2. The highest BCUT2D eigenvalue weighted by Crippen LogP contribution is 2.34. The van der Waals surface area contributed by atoms with Crippen molar-refractivity contribution in [2.75, 3.05) is 24.2 Å². The molecule has 0 atom stereocenters. The molecule has 9 heteroatoms. The number of anilines is 1. The normalized spacial score (nSPS) is 14.8. The summed E-state index contributed by atoms with van der Waals surface area (Å²) < 4.78 is 23.9. The van der Waals surface area contributed by atoms with Crippen LogP contribution in [0, 0.1) is 5.92 Å². The highest BCUT2D eigenvalue weighted by molar-refractivity contribution is 7.90. The van der Waals surface area contributed by atoms with Gasteiger partial charge in [-0.2, -0.15) is 0 Å². The molecule has 8 nitrogen and oxygen atoms in total. The predicted octanol–water partition coefficient (Wildman–Crippen LogP) is 1.93. The van der Waals surface area contributed by atoms with Crippen molar-refractivity contribution in [1.29, 1.82) is 0 Å². The van der Waals surface area contributed by atoms with Crippen molar-refractivity contribution in [1.82, 2.24) is 9.97 Å². The SMILES string of the molecule is CS(=O)(=O)c1ccc2c(N3CC(C(=O)O)C3)nc(-c3ccccc3O)nc2c1. The van der Waals surface area contributed by atoms with Crippen LogP contribution in [0.5, 0.6) is 5.75 Å². The van der Waals surface area contributed by atoms with Gasteiger partial charge in [0, 0.05) is 24.7 Å². The molecule has 28 heavy (non-hydrogen) atoms. The van der Waals surface area contributed by atoms with Gasteiger partial charge in [-0.15, -0.1) is 0 Å². The zero-order valence-electron chi connectivity index (χ0n) is 14.9. The lowest BCUT2D eigenvalue weighted by Gasteiger charge is -2.38. The van der Waals surface area contributed by atoms with E-state index in [-0.39, 0.29) is 16.5 Å². The number of aliphatic carboxylic acids is 1. The van der Waals surface area contributed by atoms with Gasteiger partial charge in [0.25, 0.3) is 0 Å². The Balaban J connectivity index is 1.91. The van der Waals surface area contributed by atoms with Crippen molar-refractivity contribution < 1.29 is 23.4 Å². The molecule has 1 fully saturated rings. The maximum Gasteiger partial charge on any atom is 0.310 e. The Bertz CT molecular complexity index is 1200. The number of phenolic OH excluding ortho intramolecular Hbond substituents is 1. The maximum atomic E-state index is 11.9. The minimum atomic E-state index is -3.43. The number of rotatable bonds is 4. The van der Waals surface area contributed by atoms with Crippen LogP contribution < -0.4 is 4.90 Å². The first-order valence-electron chi connectivity index (χ1n) is 8.52. The molecule has 0 unspecified atom stereocenters. The average molecular weight is 399 g/mol. The Morgan fingerprint density at radius 3 is 2.50 bits per heavy atom.